The molecule has 1 amide bonds. The molecule has 0 heterocycles. The Balaban J connectivity index is 2.78. The molecule has 1 rings (SSSR count). The summed E-state index contributed by atoms with van der Waals surface area (Å²) < 4.78 is 23.6. The Bertz CT molecular complexity index is 463. The molecular formula is C11H15NO3S. The third-order valence-electron chi connectivity index (χ3n) is 2.26. The fourth-order valence-electron chi connectivity index (χ4n) is 1.22. The normalized spacial score (nSPS) is 11.1. The first-order valence-corrected chi connectivity index (χ1v) is 6.61. The molecule has 1 aromatic carbocycles. The molecule has 0 atom stereocenters. The van der Waals surface area contributed by atoms with Gasteiger partial charge in [-0.05, 0) is 19.1 Å². The van der Waals surface area contributed by atoms with Crippen LogP contribution >= 0.6 is 0 Å². The van der Waals surface area contributed by atoms with E-state index in [0.29, 0.717) is 0 Å². The number of rotatable bonds is 4. The van der Waals surface area contributed by atoms with Crippen LogP contribution in [0.5, 0.6) is 0 Å². The highest BCUT2D eigenvalue weighted by molar-refractivity contribution is 7.91. The summed E-state index contributed by atoms with van der Waals surface area (Å²) in [6.45, 7) is 1.89. The number of aryl methyl sites for hydroxylation is 1. The van der Waals surface area contributed by atoms with Gasteiger partial charge in [0.15, 0.2) is 9.84 Å². The summed E-state index contributed by atoms with van der Waals surface area (Å²) >= 11 is 0. The van der Waals surface area contributed by atoms with Gasteiger partial charge in [0.05, 0.1) is 10.6 Å². The van der Waals surface area contributed by atoms with E-state index in [1.807, 2.05) is 6.92 Å². The van der Waals surface area contributed by atoms with Gasteiger partial charge in [0.2, 0.25) is 5.91 Å². The van der Waals surface area contributed by atoms with Crippen LogP contribution in [-0.4, -0.2) is 27.1 Å². The van der Waals surface area contributed by atoms with E-state index < -0.39 is 9.84 Å². The van der Waals surface area contributed by atoms with Gasteiger partial charge in [0.25, 0.3) is 0 Å². The Morgan fingerprint density at radius 1 is 1.25 bits per heavy atom. The third kappa shape index (κ3) is 3.34. The summed E-state index contributed by atoms with van der Waals surface area (Å²) in [7, 11) is -1.86. The molecule has 0 spiro atoms. The van der Waals surface area contributed by atoms with Crippen molar-refractivity contribution in [2.24, 2.45) is 0 Å². The summed E-state index contributed by atoms with van der Waals surface area (Å²) in [5, 5.41) is 2.39. The SMILES string of the molecule is CNC(=O)CCS(=O)(=O)c1ccc(C)cc1. The molecule has 0 saturated carbocycles. The average Bonchev–Trinajstić information content (AvgIpc) is 2.26. The van der Waals surface area contributed by atoms with E-state index in [1.54, 1.807) is 24.3 Å². The highest BCUT2D eigenvalue weighted by Crippen LogP contribution is 2.12. The number of hydrogen-bond acceptors (Lipinski definition) is 3. The summed E-state index contributed by atoms with van der Waals surface area (Å²) in [5.41, 5.74) is 1.00. The maximum absolute atomic E-state index is 11.8. The van der Waals surface area contributed by atoms with Crippen LogP contribution in [0.2, 0.25) is 0 Å². The van der Waals surface area contributed by atoms with Crippen molar-refractivity contribution >= 4 is 15.7 Å². The van der Waals surface area contributed by atoms with Gasteiger partial charge in [0, 0.05) is 13.5 Å². The predicted molar refractivity (Wildman–Crippen MR) is 61.9 cm³/mol. The number of nitrogens with one attached hydrogen (secondary N) is 1. The van der Waals surface area contributed by atoms with E-state index in [2.05, 4.69) is 5.32 Å². The second-order valence-corrected chi connectivity index (χ2v) is 5.66. The van der Waals surface area contributed by atoms with Gasteiger partial charge in [0.1, 0.15) is 0 Å². The van der Waals surface area contributed by atoms with E-state index in [0.717, 1.165) is 5.56 Å². The number of carbonyl (C=O) groups excluding carboxylic acids is 1. The van der Waals surface area contributed by atoms with Gasteiger partial charge >= 0.3 is 0 Å². The van der Waals surface area contributed by atoms with Crippen molar-refractivity contribution in [3.05, 3.63) is 29.8 Å². The second kappa shape index (κ2) is 5.12. The van der Waals surface area contributed by atoms with Crippen molar-refractivity contribution < 1.29 is 13.2 Å². The van der Waals surface area contributed by atoms with Gasteiger partial charge in [-0.2, -0.15) is 0 Å². The monoisotopic (exact) mass is 241 g/mol. The van der Waals surface area contributed by atoms with E-state index >= 15 is 0 Å². The van der Waals surface area contributed by atoms with Crippen molar-refractivity contribution in [2.45, 2.75) is 18.2 Å². The van der Waals surface area contributed by atoms with Crippen LogP contribution in [0, 0.1) is 6.92 Å². The molecule has 1 N–H and O–H groups in total. The lowest BCUT2D eigenvalue weighted by molar-refractivity contribution is -0.120. The second-order valence-electron chi connectivity index (χ2n) is 3.56. The smallest absolute Gasteiger partial charge is 0.220 e. The quantitative estimate of drug-likeness (QED) is 0.852. The van der Waals surface area contributed by atoms with E-state index in [4.69, 9.17) is 0 Å². The molecule has 4 nitrogen and oxygen atoms in total. The summed E-state index contributed by atoms with van der Waals surface area (Å²) in [4.78, 5) is 11.2. The van der Waals surface area contributed by atoms with Crippen molar-refractivity contribution in [2.75, 3.05) is 12.8 Å². The number of carbonyl (C=O) groups is 1. The van der Waals surface area contributed by atoms with Crippen molar-refractivity contribution in [1.82, 2.24) is 5.32 Å². The number of amides is 1. The summed E-state index contributed by atoms with van der Waals surface area (Å²) in [6, 6.07) is 6.61. The number of sulfone groups is 1. The molecule has 16 heavy (non-hydrogen) atoms. The van der Waals surface area contributed by atoms with Crippen LogP contribution in [0.1, 0.15) is 12.0 Å². The standard InChI is InChI=1S/C11H15NO3S/c1-9-3-5-10(6-4-9)16(14,15)8-7-11(13)12-2/h3-6H,7-8H2,1-2H3,(H,12,13). The van der Waals surface area contributed by atoms with Gasteiger partial charge < -0.3 is 5.32 Å². The van der Waals surface area contributed by atoms with Crippen molar-refractivity contribution in [1.29, 1.82) is 0 Å². The van der Waals surface area contributed by atoms with E-state index in [-0.39, 0.29) is 23.0 Å². The topological polar surface area (TPSA) is 63.2 Å². The zero-order valence-electron chi connectivity index (χ0n) is 9.36. The molecule has 5 heteroatoms. The minimum Gasteiger partial charge on any atom is -0.359 e. The Hall–Kier alpha value is -1.36. The molecule has 0 unspecified atom stereocenters. The molecule has 0 aromatic heterocycles. The molecule has 88 valence electrons. The fraction of sp³-hybridized carbons (Fsp3) is 0.364. The van der Waals surface area contributed by atoms with Gasteiger partial charge in [-0.3, -0.25) is 4.79 Å². The molecule has 0 aliphatic heterocycles. The van der Waals surface area contributed by atoms with Gasteiger partial charge in [-0.25, -0.2) is 8.42 Å². The first kappa shape index (κ1) is 12.7. The Morgan fingerprint density at radius 3 is 2.31 bits per heavy atom. The molecule has 0 radical (unpaired) electrons. The first-order valence-electron chi connectivity index (χ1n) is 4.96. The molecule has 0 aliphatic rings. The molecule has 0 aliphatic carbocycles. The van der Waals surface area contributed by atoms with E-state index in [1.165, 1.54) is 7.05 Å². The van der Waals surface area contributed by atoms with Crippen molar-refractivity contribution in [3.63, 3.8) is 0 Å². The van der Waals surface area contributed by atoms with Crippen LogP contribution in [0.4, 0.5) is 0 Å². The molecule has 0 saturated heterocycles. The zero-order valence-corrected chi connectivity index (χ0v) is 10.2. The largest absolute Gasteiger partial charge is 0.359 e. The summed E-state index contributed by atoms with van der Waals surface area (Å²) in [6.07, 6.45) is -0.00723. The molecule has 1 aromatic rings. The zero-order chi connectivity index (χ0) is 12.2. The Labute approximate surface area is 95.6 Å². The van der Waals surface area contributed by atoms with Gasteiger partial charge in [-0.15, -0.1) is 0 Å². The minimum atomic E-state index is -3.34. The Kier molecular flexibility index (Phi) is 4.06. The fourth-order valence-corrected chi connectivity index (χ4v) is 2.46. The molecule has 0 bridgehead atoms. The average molecular weight is 241 g/mol. The number of benzene rings is 1. The molecular weight excluding hydrogens is 226 g/mol. The molecule has 0 fully saturated rings. The van der Waals surface area contributed by atoms with Crippen LogP contribution < -0.4 is 5.32 Å². The first-order chi connectivity index (χ1) is 7.45. The lowest BCUT2D eigenvalue weighted by atomic mass is 10.2. The Morgan fingerprint density at radius 2 is 1.81 bits per heavy atom. The van der Waals surface area contributed by atoms with Crippen molar-refractivity contribution in [3.8, 4) is 0 Å². The van der Waals surface area contributed by atoms with Gasteiger partial charge in [-0.1, -0.05) is 17.7 Å². The predicted octanol–water partition coefficient (Wildman–Crippen LogP) is 0.905. The minimum absolute atomic E-state index is 0.00723. The highest BCUT2D eigenvalue weighted by atomic mass is 32.2. The summed E-state index contributed by atoms with van der Waals surface area (Å²) in [5.74, 6) is -0.425. The maximum atomic E-state index is 11.8. The lowest BCUT2D eigenvalue weighted by Gasteiger charge is -2.04. The highest BCUT2D eigenvalue weighted by Gasteiger charge is 2.15. The van der Waals surface area contributed by atoms with E-state index in [9.17, 15) is 13.2 Å². The third-order valence-corrected chi connectivity index (χ3v) is 3.99. The van der Waals surface area contributed by atoms with Crippen LogP contribution in [0.3, 0.4) is 0 Å². The number of hydrogen-bond donors (Lipinski definition) is 1. The van der Waals surface area contributed by atoms with Crippen LogP contribution in [0.25, 0.3) is 0 Å². The lowest BCUT2D eigenvalue weighted by Crippen LogP contribution is -2.21. The van der Waals surface area contributed by atoms with Crippen LogP contribution in [0.15, 0.2) is 29.2 Å². The maximum Gasteiger partial charge on any atom is 0.220 e. The van der Waals surface area contributed by atoms with Crippen LogP contribution in [-0.2, 0) is 14.6 Å².